The molecule has 3 heteroatoms. The number of rotatable bonds is 1. The van der Waals surface area contributed by atoms with Crippen molar-refractivity contribution in [3.8, 4) is 0 Å². The van der Waals surface area contributed by atoms with Crippen molar-refractivity contribution in [3.63, 3.8) is 0 Å². The molecule has 0 bridgehead atoms. The van der Waals surface area contributed by atoms with Gasteiger partial charge in [-0.15, -0.1) is 0 Å². The van der Waals surface area contributed by atoms with Crippen molar-refractivity contribution >= 4 is 5.82 Å². The minimum atomic E-state index is 0.986. The summed E-state index contributed by atoms with van der Waals surface area (Å²) in [7, 11) is 0. The van der Waals surface area contributed by atoms with Crippen molar-refractivity contribution < 1.29 is 0 Å². The summed E-state index contributed by atoms with van der Waals surface area (Å²) in [5.41, 5.74) is 5.53. The second-order valence-electron chi connectivity index (χ2n) is 5.45. The molecule has 1 aromatic heterocycles. The maximum absolute atomic E-state index is 4.57. The number of hydrogen-bond acceptors (Lipinski definition) is 3. The van der Waals surface area contributed by atoms with Gasteiger partial charge >= 0.3 is 0 Å². The Labute approximate surface area is 113 Å². The fourth-order valence-electron chi connectivity index (χ4n) is 3.26. The molecule has 0 saturated heterocycles. The molecule has 2 heterocycles. The Morgan fingerprint density at radius 1 is 0.895 bits per heavy atom. The lowest BCUT2D eigenvalue weighted by Gasteiger charge is -2.23. The molecule has 0 radical (unpaired) electrons. The molecular formula is C16H17N3. The number of fused-ring (bicyclic) bond motifs is 2. The smallest absolute Gasteiger partial charge is 0.136 e. The minimum absolute atomic E-state index is 0.986. The average Bonchev–Trinajstić information content (AvgIpc) is 2.90. The van der Waals surface area contributed by atoms with Crippen LogP contribution in [0.25, 0.3) is 0 Å². The second-order valence-corrected chi connectivity index (χ2v) is 5.45. The lowest BCUT2D eigenvalue weighted by Crippen LogP contribution is -2.20. The standard InChI is InChI=1S/C16H17N3/c1-2-6-13-10-19(9-12(13)5-1)16-14-7-3-4-8-15(14)17-11-18-16/h1-2,5-6,11H,3-4,7-10H2. The molecule has 1 aliphatic heterocycles. The summed E-state index contributed by atoms with van der Waals surface area (Å²) in [5.74, 6) is 1.17. The normalized spacial score (nSPS) is 17.2. The van der Waals surface area contributed by atoms with Crippen LogP contribution in [0.4, 0.5) is 5.82 Å². The molecule has 0 amide bonds. The summed E-state index contributed by atoms with van der Waals surface area (Å²) in [6, 6.07) is 8.70. The fourth-order valence-corrected chi connectivity index (χ4v) is 3.26. The van der Waals surface area contributed by atoms with Crippen molar-refractivity contribution in [2.24, 2.45) is 0 Å². The van der Waals surface area contributed by atoms with Crippen molar-refractivity contribution in [2.75, 3.05) is 4.90 Å². The SMILES string of the molecule is c1ccc2c(c1)CN(c1ncnc3c1CCCC3)C2. The van der Waals surface area contributed by atoms with Gasteiger partial charge in [0.15, 0.2) is 0 Å². The Morgan fingerprint density at radius 3 is 2.42 bits per heavy atom. The van der Waals surface area contributed by atoms with Gasteiger partial charge in [0, 0.05) is 24.3 Å². The van der Waals surface area contributed by atoms with Gasteiger partial charge in [0.05, 0.1) is 0 Å². The van der Waals surface area contributed by atoms with E-state index in [1.807, 2.05) is 0 Å². The summed E-state index contributed by atoms with van der Waals surface area (Å²) >= 11 is 0. The van der Waals surface area contributed by atoms with Gasteiger partial charge < -0.3 is 4.90 Å². The van der Waals surface area contributed by atoms with Crippen LogP contribution in [-0.4, -0.2) is 9.97 Å². The molecule has 0 spiro atoms. The van der Waals surface area contributed by atoms with Crippen LogP contribution in [0.1, 0.15) is 35.2 Å². The summed E-state index contributed by atoms with van der Waals surface area (Å²) in [6.07, 6.45) is 6.53. The van der Waals surface area contributed by atoms with E-state index >= 15 is 0 Å². The molecule has 2 aliphatic rings. The summed E-state index contributed by atoms with van der Waals surface area (Å²) < 4.78 is 0. The van der Waals surface area contributed by atoms with E-state index in [-0.39, 0.29) is 0 Å². The zero-order chi connectivity index (χ0) is 12.7. The van der Waals surface area contributed by atoms with Gasteiger partial charge in [-0.3, -0.25) is 0 Å². The van der Waals surface area contributed by atoms with Crippen LogP contribution in [-0.2, 0) is 25.9 Å². The average molecular weight is 251 g/mol. The fraction of sp³-hybridized carbons (Fsp3) is 0.375. The van der Waals surface area contributed by atoms with Crippen LogP contribution in [0.5, 0.6) is 0 Å². The lowest BCUT2D eigenvalue weighted by molar-refractivity contribution is 0.655. The Morgan fingerprint density at radius 2 is 1.63 bits per heavy atom. The third-order valence-corrected chi connectivity index (χ3v) is 4.24. The Bertz CT molecular complexity index is 596. The number of nitrogens with zero attached hydrogens (tertiary/aromatic N) is 3. The Balaban J connectivity index is 1.72. The van der Waals surface area contributed by atoms with Crippen molar-refractivity contribution in [3.05, 3.63) is 53.0 Å². The van der Waals surface area contributed by atoms with Gasteiger partial charge in [0.1, 0.15) is 12.1 Å². The zero-order valence-corrected chi connectivity index (χ0v) is 11.0. The molecule has 0 atom stereocenters. The van der Waals surface area contributed by atoms with Gasteiger partial charge in [-0.05, 0) is 36.8 Å². The van der Waals surface area contributed by atoms with E-state index in [0.29, 0.717) is 0 Å². The van der Waals surface area contributed by atoms with Crippen LogP contribution < -0.4 is 4.90 Å². The quantitative estimate of drug-likeness (QED) is 0.780. The summed E-state index contributed by atoms with van der Waals surface area (Å²) in [4.78, 5) is 11.4. The highest BCUT2D eigenvalue weighted by Gasteiger charge is 2.24. The van der Waals surface area contributed by atoms with E-state index in [1.54, 1.807) is 6.33 Å². The molecule has 4 rings (SSSR count). The predicted molar refractivity (Wildman–Crippen MR) is 75.0 cm³/mol. The largest absolute Gasteiger partial charge is 0.348 e. The molecule has 0 N–H and O–H groups in total. The first-order chi connectivity index (χ1) is 9.42. The van der Waals surface area contributed by atoms with Gasteiger partial charge in [0.25, 0.3) is 0 Å². The molecule has 0 saturated carbocycles. The van der Waals surface area contributed by atoms with Crippen LogP contribution in [0.2, 0.25) is 0 Å². The number of hydrogen-bond donors (Lipinski definition) is 0. The third kappa shape index (κ3) is 1.81. The zero-order valence-electron chi connectivity index (χ0n) is 11.0. The number of anilines is 1. The number of aryl methyl sites for hydroxylation is 1. The van der Waals surface area contributed by atoms with Crippen LogP contribution in [0, 0.1) is 0 Å². The Kier molecular flexibility index (Phi) is 2.50. The van der Waals surface area contributed by atoms with E-state index in [2.05, 4.69) is 39.1 Å². The van der Waals surface area contributed by atoms with Crippen molar-refractivity contribution in [2.45, 2.75) is 38.8 Å². The maximum Gasteiger partial charge on any atom is 0.136 e. The number of benzene rings is 1. The van der Waals surface area contributed by atoms with Crippen LogP contribution in [0.3, 0.4) is 0 Å². The molecule has 1 aliphatic carbocycles. The maximum atomic E-state index is 4.57. The number of aromatic nitrogens is 2. The van der Waals surface area contributed by atoms with E-state index in [1.165, 1.54) is 41.0 Å². The van der Waals surface area contributed by atoms with E-state index < -0.39 is 0 Å². The highest BCUT2D eigenvalue weighted by atomic mass is 15.2. The molecule has 2 aromatic rings. The molecule has 19 heavy (non-hydrogen) atoms. The lowest BCUT2D eigenvalue weighted by atomic mass is 9.96. The first-order valence-corrected chi connectivity index (χ1v) is 7.06. The third-order valence-electron chi connectivity index (χ3n) is 4.24. The van der Waals surface area contributed by atoms with E-state index in [4.69, 9.17) is 0 Å². The molecule has 96 valence electrons. The summed E-state index contributed by atoms with van der Waals surface area (Å²) in [5, 5.41) is 0. The minimum Gasteiger partial charge on any atom is -0.348 e. The highest BCUT2D eigenvalue weighted by molar-refractivity contribution is 5.53. The molecule has 0 fully saturated rings. The second kappa shape index (κ2) is 4.34. The first-order valence-electron chi connectivity index (χ1n) is 7.06. The first kappa shape index (κ1) is 11.0. The van der Waals surface area contributed by atoms with Crippen molar-refractivity contribution in [1.29, 1.82) is 0 Å². The van der Waals surface area contributed by atoms with Gasteiger partial charge in [-0.25, -0.2) is 9.97 Å². The van der Waals surface area contributed by atoms with E-state index in [9.17, 15) is 0 Å². The van der Waals surface area contributed by atoms with Gasteiger partial charge in [-0.1, -0.05) is 24.3 Å². The van der Waals surface area contributed by atoms with Crippen LogP contribution in [0.15, 0.2) is 30.6 Å². The molecule has 1 aromatic carbocycles. The van der Waals surface area contributed by atoms with Crippen LogP contribution >= 0.6 is 0 Å². The Hall–Kier alpha value is -1.90. The van der Waals surface area contributed by atoms with E-state index in [0.717, 1.165) is 25.9 Å². The highest BCUT2D eigenvalue weighted by Crippen LogP contribution is 2.32. The van der Waals surface area contributed by atoms with Gasteiger partial charge in [-0.2, -0.15) is 0 Å². The molecular weight excluding hydrogens is 234 g/mol. The van der Waals surface area contributed by atoms with Gasteiger partial charge in [0.2, 0.25) is 0 Å². The monoisotopic (exact) mass is 251 g/mol. The molecule has 3 nitrogen and oxygen atoms in total. The molecule has 0 unspecified atom stereocenters. The summed E-state index contributed by atoms with van der Waals surface area (Å²) in [6.45, 7) is 1.97. The predicted octanol–water partition coefficient (Wildman–Crippen LogP) is 2.88. The topological polar surface area (TPSA) is 29.0 Å². The van der Waals surface area contributed by atoms with Crippen molar-refractivity contribution in [1.82, 2.24) is 9.97 Å².